The molecule has 30 heavy (non-hydrogen) atoms. The number of aliphatic imine (C=N–C) groups is 1. The molecule has 0 atom stereocenters. The molecule has 7 heteroatoms. The number of guanidine groups is 1. The molecule has 3 rings (SSSR count). The maximum absolute atomic E-state index is 13.5. The zero-order valence-electron chi connectivity index (χ0n) is 18.5. The number of piperidine rings is 1. The van der Waals surface area contributed by atoms with Crippen molar-refractivity contribution in [2.75, 3.05) is 45.9 Å². The summed E-state index contributed by atoms with van der Waals surface area (Å²) in [5.74, 6) is 0.707. The predicted molar refractivity (Wildman–Crippen MR) is 132 cm³/mol. The fraction of sp³-hybridized carbons (Fsp3) is 0.696. The van der Waals surface area contributed by atoms with Crippen molar-refractivity contribution < 1.29 is 9.13 Å². The Kier molecular flexibility index (Phi) is 10.8. The van der Waals surface area contributed by atoms with Gasteiger partial charge in [-0.15, -0.1) is 24.0 Å². The quantitative estimate of drug-likeness (QED) is 0.318. The Morgan fingerprint density at radius 3 is 2.43 bits per heavy atom. The second kappa shape index (κ2) is 12.8. The molecule has 1 aromatic carbocycles. The summed E-state index contributed by atoms with van der Waals surface area (Å²) in [5, 5.41) is 7.08. The SMILES string of the molecule is CCCN1CCC(NC(=NCC2(c3ccc(F)cc3)CCOCC2)NCC)CC1.I. The van der Waals surface area contributed by atoms with Gasteiger partial charge in [0.1, 0.15) is 5.82 Å². The lowest BCUT2D eigenvalue weighted by molar-refractivity contribution is 0.0530. The van der Waals surface area contributed by atoms with E-state index < -0.39 is 0 Å². The maximum atomic E-state index is 13.5. The molecule has 2 N–H and O–H groups in total. The average molecular weight is 532 g/mol. The number of ether oxygens (including phenoxy) is 1. The molecule has 2 aliphatic rings. The van der Waals surface area contributed by atoms with Crippen LogP contribution in [0.25, 0.3) is 0 Å². The van der Waals surface area contributed by atoms with Gasteiger partial charge in [0.2, 0.25) is 0 Å². The standard InChI is InChI=1S/C23H37FN4O.HI/c1-3-13-28-14-9-21(10-15-28)27-22(25-4-2)26-18-23(11-16-29-17-12-23)19-5-7-20(24)8-6-19;/h5-8,21H,3-4,9-18H2,1-2H3,(H2,25,26,27);1H. The van der Waals surface area contributed by atoms with Crippen molar-refractivity contribution in [2.45, 2.75) is 57.4 Å². The number of hydrogen-bond donors (Lipinski definition) is 2. The Balaban J connectivity index is 0.00000320. The molecule has 170 valence electrons. The first kappa shape index (κ1) is 25.3. The van der Waals surface area contributed by atoms with Crippen LogP contribution in [0.3, 0.4) is 0 Å². The number of nitrogens with one attached hydrogen (secondary N) is 2. The first-order valence-corrected chi connectivity index (χ1v) is 11.3. The molecule has 5 nitrogen and oxygen atoms in total. The summed E-state index contributed by atoms with van der Waals surface area (Å²) < 4.78 is 19.1. The van der Waals surface area contributed by atoms with Crippen LogP contribution in [0.4, 0.5) is 4.39 Å². The molecule has 1 aromatic rings. The van der Waals surface area contributed by atoms with Gasteiger partial charge in [-0.2, -0.15) is 0 Å². The van der Waals surface area contributed by atoms with E-state index in [2.05, 4.69) is 29.4 Å². The molecular weight excluding hydrogens is 494 g/mol. The van der Waals surface area contributed by atoms with Gasteiger partial charge in [-0.3, -0.25) is 4.99 Å². The third-order valence-electron chi connectivity index (χ3n) is 6.26. The highest BCUT2D eigenvalue weighted by Gasteiger charge is 2.34. The van der Waals surface area contributed by atoms with Gasteiger partial charge in [-0.1, -0.05) is 19.1 Å². The maximum Gasteiger partial charge on any atom is 0.191 e. The second-order valence-corrected chi connectivity index (χ2v) is 8.36. The minimum atomic E-state index is -0.191. The van der Waals surface area contributed by atoms with E-state index in [4.69, 9.17) is 9.73 Å². The zero-order valence-corrected chi connectivity index (χ0v) is 20.8. The third kappa shape index (κ3) is 7.05. The molecule has 2 heterocycles. The Labute approximate surface area is 198 Å². The summed E-state index contributed by atoms with van der Waals surface area (Å²) in [6, 6.07) is 7.42. The van der Waals surface area contributed by atoms with Gasteiger partial charge >= 0.3 is 0 Å². The van der Waals surface area contributed by atoms with Crippen LogP contribution in [0.1, 0.15) is 51.5 Å². The van der Waals surface area contributed by atoms with Crippen LogP contribution in [-0.2, 0) is 10.2 Å². The van der Waals surface area contributed by atoms with E-state index in [0.717, 1.165) is 70.1 Å². The number of halogens is 2. The second-order valence-electron chi connectivity index (χ2n) is 8.36. The summed E-state index contributed by atoms with van der Waals surface area (Å²) in [6.07, 6.45) is 5.36. The van der Waals surface area contributed by atoms with E-state index in [-0.39, 0.29) is 35.2 Å². The molecule has 2 saturated heterocycles. The highest BCUT2D eigenvalue weighted by molar-refractivity contribution is 14.0. The Hall–Kier alpha value is -0.930. The van der Waals surface area contributed by atoms with E-state index in [1.807, 2.05) is 12.1 Å². The van der Waals surface area contributed by atoms with Crippen LogP contribution >= 0.6 is 24.0 Å². The highest BCUT2D eigenvalue weighted by Crippen LogP contribution is 2.35. The lowest BCUT2D eigenvalue weighted by Crippen LogP contribution is -2.49. The Morgan fingerprint density at radius 1 is 1.17 bits per heavy atom. The van der Waals surface area contributed by atoms with Crippen molar-refractivity contribution >= 4 is 29.9 Å². The largest absolute Gasteiger partial charge is 0.381 e. The van der Waals surface area contributed by atoms with Gasteiger partial charge in [-0.25, -0.2) is 4.39 Å². The van der Waals surface area contributed by atoms with Crippen molar-refractivity contribution in [3.63, 3.8) is 0 Å². The molecule has 2 aliphatic heterocycles. The van der Waals surface area contributed by atoms with Crippen molar-refractivity contribution in [3.05, 3.63) is 35.6 Å². The molecule has 0 bridgehead atoms. The van der Waals surface area contributed by atoms with Crippen molar-refractivity contribution in [3.8, 4) is 0 Å². The van der Waals surface area contributed by atoms with E-state index >= 15 is 0 Å². The van der Waals surface area contributed by atoms with Crippen LogP contribution in [0, 0.1) is 5.82 Å². The molecule has 0 saturated carbocycles. The first-order valence-electron chi connectivity index (χ1n) is 11.3. The van der Waals surface area contributed by atoms with Crippen molar-refractivity contribution in [2.24, 2.45) is 4.99 Å². The third-order valence-corrected chi connectivity index (χ3v) is 6.26. The van der Waals surface area contributed by atoms with Gasteiger partial charge in [0.25, 0.3) is 0 Å². The fourth-order valence-corrected chi connectivity index (χ4v) is 4.46. The normalized spacial score (nSPS) is 20.4. The van der Waals surface area contributed by atoms with Gasteiger partial charge in [0.05, 0.1) is 6.54 Å². The van der Waals surface area contributed by atoms with Crippen molar-refractivity contribution in [1.29, 1.82) is 0 Å². The topological polar surface area (TPSA) is 48.9 Å². The smallest absolute Gasteiger partial charge is 0.191 e. The van der Waals surface area contributed by atoms with Gasteiger partial charge < -0.3 is 20.3 Å². The molecule has 0 spiro atoms. The van der Waals surface area contributed by atoms with Crippen LogP contribution in [0.2, 0.25) is 0 Å². The zero-order chi connectivity index (χ0) is 20.5. The van der Waals surface area contributed by atoms with E-state index in [9.17, 15) is 4.39 Å². The molecule has 0 radical (unpaired) electrons. The minimum absolute atomic E-state index is 0. The number of hydrogen-bond acceptors (Lipinski definition) is 3. The molecule has 0 amide bonds. The monoisotopic (exact) mass is 532 g/mol. The van der Waals surface area contributed by atoms with E-state index in [1.54, 1.807) is 12.1 Å². The summed E-state index contributed by atoms with van der Waals surface area (Å²) >= 11 is 0. The van der Waals surface area contributed by atoms with Crippen LogP contribution in [-0.4, -0.2) is 62.8 Å². The van der Waals surface area contributed by atoms with Crippen LogP contribution in [0.15, 0.2) is 29.3 Å². The van der Waals surface area contributed by atoms with Crippen LogP contribution < -0.4 is 10.6 Å². The fourth-order valence-electron chi connectivity index (χ4n) is 4.46. The summed E-state index contributed by atoms with van der Waals surface area (Å²) in [5.41, 5.74) is 1.08. The van der Waals surface area contributed by atoms with Gasteiger partial charge in [0.15, 0.2) is 5.96 Å². The number of rotatable bonds is 7. The van der Waals surface area contributed by atoms with E-state index in [1.165, 1.54) is 13.0 Å². The van der Waals surface area contributed by atoms with E-state index in [0.29, 0.717) is 12.6 Å². The van der Waals surface area contributed by atoms with Gasteiger partial charge in [-0.05, 0) is 63.3 Å². The average Bonchev–Trinajstić information content (AvgIpc) is 2.75. The number of nitrogens with zero attached hydrogens (tertiary/aromatic N) is 2. The highest BCUT2D eigenvalue weighted by atomic mass is 127. The molecule has 2 fully saturated rings. The number of benzene rings is 1. The molecular formula is C23H38FIN4O. The minimum Gasteiger partial charge on any atom is -0.381 e. The first-order chi connectivity index (χ1) is 14.1. The van der Waals surface area contributed by atoms with Crippen molar-refractivity contribution in [1.82, 2.24) is 15.5 Å². The Morgan fingerprint density at radius 2 is 1.83 bits per heavy atom. The lowest BCUT2D eigenvalue weighted by atomic mass is 9.74. The lowest BCUT2D eigenvalue weighted by Gasteiger charge is -2.37. The van der Waals surface area contributed by atoms with Gasteiger partial charge in [0, 0.05) is 44.3 Å². The summed E-state index contributed by atoms with van der Waals surface area (Å²) in [6.45, 7) is 10.8. The molecule has 0 aromatic heterocycles. The summed E-state index contributed by atoms with van der Waals surface area (Å²) in [4.78, 5) is 7.54. The van der Waals surface area contributed by atoms with Crippen LogP contribution in [0.5, 0.6) is 0 Å². The molecule has 0 aliphatic carbocycles. The number of likely N-dealkylation sites (tertiary alicyclic amines) is 1. The molecule has 0 unspecified atom stereocenters. The predicted octanol–water partition coefficient (Wildman–Crippen LogP) is 3.92. The summed E-state index contributed by atoms with van der Waals surface area (Å²) in [7, 11) is 0. The Bertz CT molecular complexity index is 641.